The normalized spacial score (nSPS) is 23.1. The maximum Gasteiger partial charge on any atom is 0.410 e. The second-order valence-electron chi connectivity index (χ2n) is 12.5. The number of rotatable bonds is 5. The lowest BCUT2D eigenvalue weighted by Gasteiger charge is -2.53. The van der Waals surface area contributed by atoms with Gasteiger partial charge in [-0.1, -0.05) is 17.7 Å². The number of carbonyl (C=O) groups is 2. The van der Waals surface area contributed by atoms with Crippen LogP contribution in [0.15, 0.2) is 30.3 Å². The Balaban J connectivity index is 1.15. The summed E-state index contributed by atoms with van der Waals surface area (Å²) in [5.41, 5.74) is -0.101. The Morgan fingerprint density at radius 1 is 1.12 bits per heavy atom. The molecule has 0 radical (unpaired) electrons. The zero-order chi connectivity index (χ0) is 32.6. The van der Waals surface area contributed by atoms with Gasteiger partial charge in [0.1, 0.15) is 11.4 Å². The van der Waals surface area contributed by atoms with Crippen LogP contribution in [0.3, 0.4) is 0 Å². The van der Waals surface area contributed by atoms with Crippen molar-refractivity contribution in [1.82, 2.24) is 20.0 Å². The van der Waals surface area contributed by atoms with Crippen LogP contribution >= 0.6 is 11.6 Å². The summed E-state index contributed by atoms with van der Waals surface area (Å²) in [5, 5.41) is 8.77. The van der Waals surface area contributed by atoms with Crippen molar-refractivity contribution < 1.29 is 23.2 Å². The Hall–Kier alpha value is -3.58. The summed E-state index contributed by atoms with van der Waals surface area (Å²) < 4.78 is 35.9. The third-order valence-corrected chi connectivity index (χ3v) is 8.59. The van der Waals surface area contributed by atoms with Crippen molar-refractivity contribution in [2.24, 2.45) is 5.41 Å². The summed E-state index contributed by atoms with van der Waals surface area (Å²) in [6.45, 7) is 12.9. The molecular weight excluding hydrogens is 556 g/mol. The van der Waals surface area contributed by atoms with Crippen molar-refractivity contribution in [3.05, 3.63) is 52.5 Å². The molecule has 0 unspecified atom stereocenters. The van der Waals surface area contributed by atoms with Gasteiger partial charge in [-0.25, -0.2) is 9.64 Å². The molecule has 0 atom stereocenters. The monoisotopic (exact) mass is 597 g/mol. The molecule has 11 heteroatoms. The standard InChI is InChI=1S/C31H39ClN6O4/c1-30(2,3)42-29(40)38-19-31(20-38)14-16-37(17-15-31)27-13-12-26(34-35-27)28(39)36(5)21-6-8-22(9-7-21)41-23-10-11-25(33-4)24(32)18-23/h10-13,18,21-22H,6-9,14-17,19-20H2,1-3,5H3/i5D3. The molecule has 0 N–H and O–H groups in total. The van der Waals surface area contributed by atoms with Crippen LogP contribution in [0.5, 0.6) is 5.75 Å². The van der Waals surface area contributed by atoms with Crippen molar-refractivity contribution in [3.63, 3.8) is 0 Å². The molecule has 0 bridgehead atoms. The van der Waals surface area contributed by atoms with Gasteiger partial charge in [-0.05, 0) is 83.6 Å². The van der Waals surface area contributed by atoms with Gasteiger partial charge in [0, 0.05) is 48.7 Å². The number of piperidine rings is 1. The Kier molecular flexibility index (Phi) is 7.43. The lowest BCUT2D eigenvalue weighted by molar-refractivity contribution is -0.0434. The molecule has 1 saturated carbocycles. The third kappa shape index (κ3) is 6.73. The number of likely N-dealkylation sites (tertiary alicyclic amines) is 1. The Morgan fingerprint density at radius 2 is 1.83 bits per heavy atom. The second kappa shape index (κ2) is 12.0. The number of nitrogens with zero attached hydrogens (tertiary/aromatic N) is 6. The highest BCUT2D eigenvalue weighted by atomic mass is 35.5. The van der Waals surface area contributed by atoms with Crippen LogP contribution in [-0.4, -0.2) is 82.9 Å². The molecule has 3 fully saturated rings. The number of benzene rings is 1. The van der Waals surface area contributed by atoms with E-state index in [4.69, 9.17) is 31.8 Å². The molecule has 2 aliphatic heterocycles. The molecule has 1 aromatic heterocycles. The number of ether oxygens (including phenoxy) is 2. The summed E-state index contributed by atoms with van der Waals surface area (Å²) in [7, 11) is 0. The molecule has 1 spiro atoms. The maximum absolute atomic E-state index is 13.5. The summed E-state index contributed by atoms with van der Waals surface area (Å²) in [4.78, 5) is 34.0. The van der Waals surface area contributed by atoms with Gasteiger partial charge < -0.3 is 24.2 Å². The molecule has 5 rings (SSSR count). The largest absolute Gasteiger partial charge is 0.490 e. The number of aromatic nitrogens is 2. The van der Waals surface area contributed by atoms with Gasteiger partial charge in [-0.15, -0.1) is 10.2 Å². The quantitative estimate of drug-likeness (QED) is 0.391. The first-order valence-corrected chi connectivity index (χ1v) is 14.8. The molecule has 42 heavy (non-hydrogen) atoms. The van der Waals surface area contributed by atoms with Gasteiger partial charge >= 0.3 is 6.09 Å². The number of carbonyl (C=O) groups excluding carboxylic acids is 2. The molecule has 3 aliphatic rings. The molecular formula is C31H39ClN6O4. The first-order valence-electron chi connectivity index (χ1n) is 15.9. The summed E-state index contributed by atoms with van der Waals surface area (Å²) in [5.74, 6) is 0.510. The average Bonchev–Trinajstić information content (AvgIpc) is 2.95. The molecule has 224 valence electrons. The second-order valence-corrected chi connectivity index (χ2v) is 13.0. The highest BCUT2D eigenvalue weighted by Gasteiger charge is 2.48. The SMILES string of the molecule is [2H]C([2H])([2H])N(C(=O)c1ccc(N2CCC3(CC2)CN(C(=O)OC(C)(C)C)C3)nn1)C1CCC(Oc2ccc([N+]#[C-])c(Cl)c2)CC1. The fourth-order valence-corrected chi connectivity index (χ4v) is 6.12. The number of amides is 2. The predicted octanol–water partition coefficient (Wildman–Crippen LogP) is 5.98. The molecule has 1 aliphatic carbocycles. The van der Waals surface area contributed by atoms with Crippen LogP contribution in [0.2, 0.25) is 5.02 Å². The predicted molar refractivity (Wildman–Crippen MR) is 160 cm³/mol. The minimum atomic E-state index is -2.64. The van der Waals surface area contributed by atoms with Gasteiger partial charge in [0.25, 0.3) is 5.91 Å². The van der Waals surface area contributed by atoms with E-state index in [1.807, 2.05) is 20.8 Å². The topological polar surface area (TPSA) is 92.5 Å². The fourth-order valence-electron chi connectivity index (χ4n) is 5.91. The van der Waals surface area contributed by atoms with E-state index in [1.54, 1.807) is 35.2 Å². The molecule has 2 amide bonds. The van der Waals surface area contributed by atoms with E-state index in [0.717, 1.165) is 30.8 Å². The van der Waals surface area contributed by atoms with Crippen molar-refractivity contribution in [3.8, 4) is 5.75 Å². The van der Waals surface area contributed by atoms with Gasteiger partial charge in [-0.2, -0.15) is 0 Å². The number of hydrogen-bond acceptors (Lipinski definition) is 7. The Bertz CT molecular complexity index is 1440. The van der Waals surface area contributed by atoms with E-state index in [1.165, 1.54) is 0 Å². The van der Waals surface area contributed by atoms with E-state index in [9.17, 15) is 9.59 Å². The van der Waals surface area contributed by atoms with Crippen molar-refractivity contribution in [1.29, 1.82) is 0 Å². The van der Waals surface area contributed by atoms with Crippen molar-refractivity contribution in [2.75, 3.05) is 38.1 Å². The van der Waals surface area contributed by atoms with E-state index in [2.05, 4.69) is 19.9 Å². The van der Waals surface area contributed by atoms with Gasteiger partial charge in [-0.3, -0.25) is 4.79 Å². The van der Waals surface area contributed by atoms with Gasteiger partial charge in [0.05, 0.1) is 17.7 Å². The Labute approximate surface area is 256 Å². The minimum Gasteiger partial charge on any atom is -0.490 e. The lowest BCUT2D eigenvalue weighted by atomic mass is 9.72. The highest BCUT2D eigenvalue weighted by molar-refractivity contribution is 6.33. The molecule has 2 saturated heterocycles. The maximum atomic E-state index is 13.5. The summed E-state index contributed by atoms with van der Waals surface area (Å²) in [6, 6.07) is 7.68. The van der Waals surface area contributed by atoms with Crippen molar-refractivity contribution in [2.45, 2.75) is 77.0 Å². The van der Waals surface area contributed by atoms with E-state index in [0.29, 0.717) is 61.1 Å². The molecule has 1 aromatic carbocycles. The van der Waals surface area contributed by atoms with Crippen LogP contribution < -0.4 is 9.64 Å². The lowest BCUT2D eigenvalue weighted by Crippen LogP contribution is -2.62. The van der Waals surface area contributed by atoms with Crippen LogP contribution in [0.25, 0.3) is 4.85 Å². The number of halogens is 1. The first kappa shape index (κ1) is 26.1. The minimum absolute atomic E-state index is 0.0109. The van der Waals surface area contributed by atoms with E-state index in [-0.39, 0.29) is 23.3 Å². The Morgan fingerprint density at radius 3 is 2.40 bits per heavy atom. The number of anilines is 1. The zero-order valence-corrected chi connectivity index (χ0v) is 25.1. The third-order valence-electron chi connectivity index (χ3n) is 8.29. The summed E-state index contributed by atoms with van der Waals surface area (Å²) >= 11 is 6.13. The summed E-state index contributed by atoms with van der Waals surface area (Å²) in [6.07, 6.45) is 3.38. The van der Waals surface area contributed by atoms with E-state index < -0.39 is 24.5 Å². The van der Waals surface area contributed by atoms with E-state index >= 15 is 0 Å². The van der Waals surface area contributed by atoms with Gasteiger partial charge in [0.2, 0.25) is 5.69 Å². The smallest absolute Gasteiger partial charge is 0.410 e. The highest BCUT2D eigenvalue weighted by Crippen LogP contribution is 2.41. The molecule has 3 heterocycles. The molecule has 2 aromatic rings. The molecule has 10 nitrogen and oxygen atoms in total. The van der Waals surface area contributed by atoms with Crippen LogP contribution in [0.4, 0.5) is 16.3 Å². The number of hydrogen-bond donors (Lipinski definition) is 0. The first-order chi connectivity index (χ1) is 21.2. The van der Waals surface area contributed by atoms with Crippen molar-refractivity contribution >= 4 is 35.1 Å². The van der Waals surface area contributed by atoms with Crippen LogP contribution in [0, 0.1) is 12.0 Å². The van der Waals surface area contributed by atoms with Gasteiger partial charge in [0.15, 0.2) is 11.5 Å². The zero-order valence-electron chi connectivity index (χ0n) is 27.3. The average molecular weight is 598 g/mol. The van der Waals surface area contributed by atoms with Crippen LogP contribution in [0.1, 0.15) is 73.9 Å². The fraction of sp³-hybridized carbons (Fsp3) is 0.581. The van der Waals surface area contributed by atoms with Crippen LogP contribution in [-0.2, 0) is 4.74 Å².